The van der Waals surface area contributed by atoms with Crippen molar-refractivity contribution in [3.8, 4) is 0 Å². The standard InChI is InChI=1S/C19H21/c1-16-9-8-12-18(15-16)19(13-6-3-7-14-19)17-10-4-2-5-11-17/h2,4-5,8-12,15H,1,3,6-7,13-14H2. The molecule has 0 aromatic heterocycles. The van der Waals surface area contributed by atoms with E-state index >= 15 is 0 Å². The summed E-state index contributed by atoms with van der Waals surface area (Å²) in [5.74, 6) is 0. The van der Waals surface area contributed by atoms with Gasteiger partial charge < -0.3 is 0 Å². The predicted octanol–water partition coefficient (Wildman–Crippen LogP) is 5.12. The van der Waals surface area contributed by atoms with Crippen LogP contribution in [0.25, 0.3) is 0 Å². The van der Waals surface area contributed by atoms with Crippen LogP contribution in [0.4, 0.5) is 0 Å². The minimum atomic E-state index is 0.215. The first kappa shape index (κ1) is 12.5. The Bertz CT molecular complexity index is 533. The number of benzene rings is 2. The van der Waals surface area contributed by atoms with E-state index in [-0.39, 0.29) is 5.41 Å². The average Bonchev–Trinajstić information content (AvgIpc) is 2.49. The zero-order valence-electron chi connectivity index (χ0n) is 11.4. The summed E-state index contributed by atoms with van der Waals surface area (Å²) in [6, 6.07) is 19.8. The third-order valence-corrected chi connectivity index (χ3v) is 4.51. The van der Waals surface area contributed by atoms with Gasteiger partial charge in [0.2, 0.25) is 0 Å². The van der Waals surface area contributed by atoms with E-state index in [1.807, 2.05) is 0 Å². The lowest BCUT2D eigenvalue weighted by atomic mass is 9.65. The van der Waals surface area contributed by atoms with Gasteiger partial charge in [0.15, 0.2) is 0 Å². The van der Waals surface area contributed by atoms with Crippen molar-refractivity contribution in [2.75, 3.05) is 0 Å². The first-order valence-electron chi connectivity index (χ1n) is 7.29. The molecule has 0 spiro atoms. The maximum Gasteiger partial charge on any atom is 0.0203 e. The molecule has 3 rings (SSSR count). The van der Waals surface area contributed by atoms with Crippen LogP contribution in [0.5, 0.6) is 0 Å². The third-order valence-electron chi connectivity index (χ3n) is 4.51. The molecular weight excluding hydrogens is 228 g/mol. The molecule has 0 bridgehead atoms. The van der Waals surface area contributed by atoms with Gasteiger partial charge in [0.25, 0.3) is 0 Å². The van der Waals surface area contributed by atoms with Crippen LogP contribution >= 0.6 is 0 Å². The van der Waals surface area contributed by atoms with Crippen molar-refractivity contribution in [2.45, 2.75) is 37.5 Å². The van der Waals surface area contributed by atoms with Gasteiger partial charge in [-0.2, -0.15) is 0 Å². The van der Waals surface area contributed by atoms with E-state index in [1.54, 1.807) is 0 Å². The molecule has 2 aromatic rings. The molecule has 0 nitrogen and oxygen atoms in total. The summed E-state index contributed by atoms with van der Waals surface area (Å²) in [5.41, 5.74) is 4.26. The molecule has 0 saturated heterocycles. The maximum absolute atomic E-state index is 4.10. The molecule has 97 valence electrons. The number of rotatable bonds is 2. The Labute approximate surface area is 116 Å². The predicted molar refractivity (Wildman–Crippen MR) is 81.2 cm³/mol. The highest BCUT2D eigenvalue weighted by molar-refractivity contribution is 5.41. The molecule has 1 radical (unpaired) electrons. The van der Waals surface area contributed by atoms with E-state index in [2.05, 4.69) is 61.5 Å². The van der Waals surface area contributed by atoms with Crippen LogP contribution in [-0.4, -0.2) is 0 Å². The van der Waals surface area contributed by atoms with Gasteiger partial charge in [0, 0.05) is 5.41 Å². The fourth-order valence-electron chi connectivity index (χ4n) is 3.53. The van der Waals surface area contributed by atoms with Crippen LogP contribution in [0.15, 0.2) is 54.6 Å². The fourth-order valence-corrected chi connectivity index (χ4v) is 3.53. The fraction of sp³-hybridized carbons (Fsp3) is 0.316. The summed E-state index contributed by atoms with van der Waals surface area (Å²) in [7, 11) is 0. The van der Waals surface area contributed by atoms with Crippen molar-refractivity contribution in [1.82, 2.24) is 0 Å². The Balaban J connectivity index is 2.12. The smallest absolute Gasteiger partial charge is 0.0203 e. The number of hydrogen-bond donors (Lipinski definition) is 0. The van der Waals surface area contributed by atoms with E-state index in [1.165, 1.54) is 43.2 Å². The zero-order valence-corrected chi connectivity index (χ0v) is 11.4. The van der Waals surface area contributed by atoms with Crippen LogP contribution in [0.2, 0.25) is 0 Å². The van der Waals surface area contributed by atoms with Crippen LogP contribution < -0.4 is 0 Å². The van der Waals surface area contributed by atoms with Gasteiger partial charge >= 0.3 is 0 Å². The molecule has 0 unspecified atom stereocenters. The second kappa shape index (κ2) is 5.21. The van der Waals surface area contributed by atoms with Crippen molar-refractivity contribution in [3.63, 3.8) is 0 Å². The van der Waals surface area contributed by atoms with E-state index in [9.17, 15) is 0 Å². The van der Waals surface area contributed by atoms with Crippen LogP contribution in [0, 0.1) is 6.92 Å². The van der Waals surface area contributed by atoms with Crippen molar-refractivity contribution in [1.29, 1.82) is 0 Å². The van der Waals surface area contributed by atoms with E-state index in [0.717, 1.165) is 5.56 Å². The lowest BCUT2D eigenvalue weighted by Crippen LogP contribution is -2.30. The first-order valence-corrected chi connectivity index (χ1v) is 7.29. The molecule has 0 amide bonds. The Morgan fingerprint density at radius 2 is 1.42 bits per heavy atom. The van der Waals surface area contributed by atoms with Crippen molar-refractivity contribution >= 4 is 0 Å². The van der Waals surface area contributed by atoms with Gasteiger partial charge in [-0.3, -0.25) is 0 Å². The lowest BCUT2D eigenvalue weighted by Gasteiger charge is -2.38. The summed E-state index contributed by atoms with van der Waals surface area (Å²) in [5, 5.41) is 0. The molecular formula is C19H21. The van der Waals surface area contributed by atoms with Gasteiger partial charge in [-0.1, -0.05) is 73.9 Å². The topological polar surface area (TPSA) is 0 Å². The average molecular weight is 249 g/mol. The minimum absolute atomic E-state index is 0.215. The van der Waals surface area contributed by atoms with Crippen LogP contribution in [0.1, 0.15) is 48.8 Å². The molecule has 19 heavy (non-hydrogen) atoms. The van der Waals surface area contributed by atoms with E-state index < -0.39 is 0 Å². The van der Waals surface area contributed by atoms with E-state index in [0.29, 0.717) is 0 Å². The zero-order chi connectivity index (χ0) is 13.1. The lowest BCUT2D eigenvalue weighted by molar-refractivity contribution is 0.346. The Morgan fingerprint density at radius 3 is 2.11 bits per heavy atom. The second-order valence-electron chi connectivity index (χ2n) is 5.71. The molecule has 0 heterocycles. The van der Waals surface area contributed by atoms with Gasteiger partial charge in [-0.05, 0) is 36.5 Å². The Morgan fingerprint density at radius 1 is 0.737 bits per heavy atom. The third kappa shape index (κ3) is 2.32. The molecule has 1 saturated carbocycles. The van der Waals surface area contributed by atoms with Crippen molar-refractivity contribution in [2.24, 2.45) is 0 Å². The summed E-state index contributed by atoms with van der Waals surface area (Å²) in [4.78, 5) is 0. The molecule has 0 heteroatoms. The molecule has 1 aliphatic rings. The quantitative estimate of drug-likeness (QED) is 0.693. The SMILES string of the molecule is [CH2]c1cccc(C2(c3ccccc3)CCCCC2)c1. The first-order chi connectivity index (χ1) is 9.31. The largest absolute Gasteiger partial charge is 0.0622 e. The summed E-state index contributed by atoms with van der Waals surface area (Å²) in [6.45, 7) is 4.10. The van der Waals surface area contributed by atoms with Crippen LogP contribution in [-0.2, 0) is 5.41 Å². The summed E-state index contributed by atoms with van der Waals surface area (Å²) < 4.78 is 0. The monoisotopic (exact) mass is 249 g/mol. The molecule has 2 aromatic carbocycles. The van der Waals surface area contributed by atoms with Gasteiger partial charge in [0.1, 0.15) is 0 Å². The highest BCUT2D eigenvalue weighted by Gasteiger charge is 2.35. The van der Waals surface area contributed by atoms with Gasteiger partial charge in [-0.25, -0.2) is 0 Å². The Hall–Kier alpha value is -1.56. The minimum Gasteiger partial charge on any atom is -0.0622 e. The molecule has 0 atom stereocenters. The van der Waals surface area contributed by atoms with Crippen molar-refractivity contribution < 1.29 is 0 Å². The molecule has 0 N–H and O–H groups in total. The van der Waals surface area contributed by atoms with Gasteiger partial charge in [-0.15, -0.1) is 0 Å². The molecule has 1 aliphatic carbocycles. The second-order valence-corrected chi connectivity index (χ2v) is 5.71. The summed E-state index contributed by atoms with van der Waals surface area (Å²) >= 11 is 0. The van der Waals surface area contributed by atoms with Crippen molar-refractivity contribution in [3.05, 3.63) is 78.2 Å². The highest BCUT2D eigenvalue weighted by Crippen LogP contribution is 2.44. The normalized spacial score (nSPS) is 18.2. The highest BCUT2D eigenvalue weighted by atomic mass is 14.4. The molecule has 1 fully saturated rings. The number of hydrogen-bond acceptors (Lipinski definition) is 0. The van der Waals surface area contributed by atoms with Crippen LogP contribution in [0.3, 0.4) is 0 Å². The van der Waals surface area contributed by atoms with E-state index in [4.69, 9.17) is 0 Å². The maximum atomic E-state index is 4.10. The van der Waals surface area contributed by atoms with Gasteiger partial charge in [0.05, 0.1) is 0 Å². The Kier molecular flexibility index (Phi) is 3.42. The summed E-state index contributed by atoms with van der Waals surface area (Å²) in [6.07, 6.45) is 6.56. The molecule has 0 aliphatic heterocycles.